The molecule has 1 aromatic rings. The molecule has 0 aliphatic heterocycles. The second-order valence-corrected chi connectivity index (χ2v) is 10.6. The van der Waals surface area contributed by atoms with Gasteiger partial charge in [-0.1, -0.05) is 45.1 Å². The first kappa shape index (κ1) is 22.2. The lowest BCUT2D eigenvalue weighted by Crippen LogP contribution is -2.34. The first-order chi connectivity index (χ1) is 14.7. The van der Waals surface area contributed by atoms with Gasteiger partial charge in [-0.2, -0.15) is 0 Å². The highest BCUT2D eigenvalue weighted by molar-refractivity contribution is 5.31. The van der Waals surface area contributed by atoms with Crippen molar-refractivity contribution >= 4 is 0 Å². The molecule has 1 aromatic carbocycles. The lowest BCUT2D eigenvalue weighted by molar-refractivity contribution is 0.0706. The van der Waals surface area contributed by atoms with Gasteiger partial charge in [0.2, 0.25) is 0 Å². The van der Waals surface area contributed by atoms with Crippen LogP contribution in [0.1, 0.15) is 109 Å². The average molecular weight is 415 g/mol. The molecule has 0 bridgehead atoms. The van der Waals surface area contributed by atoms with Crippen LogP contribution >= 0.6 is 0 Å². The van der Waals surface area contributed by atoms with E-state index in [1.807, 2.05) is 19.1 Å². The number of rotatable bonds is 7. The molecule has 168 valence electrons. The van der Waals surface area contributed by atoms with Crippen LogP contribution in [0.15, 0.2) is 18.2 Å². The maximum atomic E-state index is 14.7. The molecule has 30 heavy (non-hydrogen) atoms. The number of halogens is 1. The molecular formula is C28H43FO. The SMILES string of the molecule is CCCCC1CCC(C2CCC3CC(c4ccc(OCC)cc4F)CCC3C2)CC1. The van der Waals surface area contributed by atoms with Gasteiger partial charge in [-0.3, -0.25) is 0 Å². The van der Waals surface area contributed by atoms with Crippen molar-refractivity contribution in [2.24, 2.45) is 29.6 Å². The molecule has 3 aliphatic rings. The van der Waals surface area contributed by atoms with E-state index in [0.29, 0.717) is 18.3 Å². The third kappa shape index (κ3) is 5.22. The summed E-state index contributed by atoms with van der Waals surface area (Å²) in [5.74, 6) is 5.76. The number of ether oxygens (including phenoxy) is 1. The summed E-state index contributed by atoms with van der Waals surface area (Å²) in [6.07, 6.45) is 18.2. The Labute approximate surface area is 184 Å². The molecule has 0 saturated heterocycles. The predicted octanol–water partition coefficient (Wildman–Crippen LogP) is 8.52. The van der Waals surface area contributed by atoms with Crippen molar-refractivity contribution in [2.45, 2.75) is 103 Å². The van der Waals surface area contributed by atoms with E-state index in [4.69, 9.17) is 4.74 Å². The summed E-state index contributed by atoms with van der Waals surface area (Å²) in [5, 5.41) is 0. The smallest absolute Gasteiger partial charge is 0.130 e. The Bertz CT molecular complexity index is 663. The van der Waals surface area contributed by atoms with Crippen LogP contribution in [0.3, 0.4) is 0 Å². The van der Waals surface area contributed by atoms with Crippen LogP contribution in [0.25, 0.3) is 0 Å². The minimum absolute atomic E-state index is 0.0575. The van der Waals surface area contributed by atoms with Gasteiger partial charge in [-0.25, -0.2) is 4.39 Å². The standard InChI is InChI=1S/C28H43FO/c1-3-5-6-20-7-9-21(10-8-20)22-11-12-24-18-25(14-13-23(24)17-22)27-16-15-26(30-4-2)19-28(27)29/h15-16,19-25H,3-14,17-18H2,1-2H3. The third-order valence-electron chi connectivity index (χ3n) is 8.90. The van der Waals surface area contributed by atoms with Crippen molar-refractivity contribution in [1.29, 1.82) is 0 Å². The molecular weight excluding hydrogens is 371 g/mol. The largest absolute Gasteiger partial charge is 0.494 e. The highest BCUT2D eigenvalue weighted by Crippen LogP contribution is 2.51. The maximum Gasteiger partial charge on any atom is 0.130 e. The molecule has 3 saturated carbocycles. The number of hydrogen-bond acceptors (Lipinski definition) is 1. The number of unbranched alkanes of at least 4 members (excludes halogenated alkanes) is 1. The van der Waals surface area contributed by atoms with Gasteiger partial charge in [0.15, 0.2) is 0 Å². The predicted molar refractivity (Wildman–Crippen MR) is 123 cm³/mol. The molecule has 4 atom stereocenters. The van der Waals surface area contributed by atoms with Crippen molar-refractivity contribution in [3.63, 3.8) is 0 Å². The third-order valence-corrected chi connectivity index (χ3v) is 8.90. The van der Waals surface area contributed by atoms with Crippen molar-refractivity contribution in [1.82, 2.24) is 0 Å². The topological polar surface area (TPSA) is 9.23 Å². The van der Waals surface area contributed by atoms with Crippen LogP contribution in [0.5, 0.6) is 5.75 Å². The van der Waals surface area contributed by atoms with Crippen molar-refractivity contribution in [3.8, 4) is 5.75 Å². The zero-order chi connectivity index (χ0) is 20.9. The number of benzene rings is 1. The second kappa shape index (κ2) is 10.5. The highest BCUT2D eigenvalue weighted by atomic mass is 19.1. The van der Waals surface area contributed by atoms with Crippen LogP contribution in [-0.4, -0.2) is 6.61 Å². The minimum Gasteiger partial charge on any atom is -0.494 e. The average Bonchev–Trinajstić information content (AvgIpc) is 2.78. The lowest BCUT2D eigenvalue weighted by Gasteiger charge is -2.45. The summed E-state index contributed by atoms with van der Waals surface area (Å²) < 4.78 is 20.2. The van der Waals surface area contributed by atoms with E-state index in [1.54, 1.807) is 6.07 Å². The van der Waals surface area contributed by atoms with Crippen LogP contribution < -0.4 is 4.74 Å². The quantitative estimate of drug-likeness (QED) is 0.434. The Kier molecular flexibility index (Phi) is 7.76. The Morgan fingerprint density at radius 2 is 1.50 bits per heavy atom. The summed E-state index contributed by atoms with van der Waals surface area (Å²) in [4.78, 5) is 0. The zero-order valence-electron chi connectivity index (χ0n) is 19.4. The summed E-state index contributed by atoms with van der Waals surface area (Å²) in [6, 6.07) is 5.55. The first-order valence-electron chi connectivity index (χ1n) is 13.1. The molecule has 4 rings (SSSR count). The summed E-state index contributed by atoms with van der Waals surface area (Å²) in [6.45, 7) is 4.86. The Balaban J connectivity index is 1.28. The fourth-order valence-electron chi connectivity index (χ4n) is 7.17. The van der Waals surface area contributed by atoms with E-state index in [2.05, 4.69) is 6.92 Å². The van der Waals surface area contributed by atoms with Crippen LogP contribution in [0.4, 0.5) is 4.39 Å². The van der Waals surface area contributed by atoms with Crippen LogP contribution in [-0.2, 0) is 0 Å². The van der Waals surface area contributed by atoms with Gasteiger partial charge < -0.3 is 4.74 Å². The monoisotopic (exact) mass is 414 g/mol. The Hall–Kier alpha value is -1.05. The number of fused-ring (bicyclic) bond motifs is 1. The molecule has 0 N–H and O–H groups in total. The van der Waals surface area contributed by atoms with E-state index >= 15 is 0 Å². The minimum atomic E-state index is -0.0575. The van der Waals surface area contributed by atoms with Crippen LogP contribution in [0.2, 0.25) is 0 Å². The summed E-state index contributed by atoms with van der Waals surface area (Å²) in [5.41, 5.74) is 0.935. The number of hydrogen-bond donors (Lipinski definition) is 0. The van der Waals surface area contributed by atoms with Gasteiger partial charge in [0.1, 0.15) is 11.6 Å². The fraction of sp³-hybridized carbons (Fsp3) is 0.786. The molecule has 0 aromatic heterocycles. The molecule has 0 spiro atoms. The zero-order valence-corrected chi connectivity index (χ0v) is 19.4. The molecule has 3 fully saturated rings. The first-order valence-corrected chi connectivity index (χ1v) is 13.1. The van der Waals surface area contributed by atoms with Gasteiger partial charge in [-0.05, 0) is 105 Å². The molecule has 0 radical (unpaired) electrons. The maximum absolute atomic E-state index is 14.7. The van der Waals surface area contributed by atoms with Gasteiger partial charge in [0.25, 0.3) is 0 Å². The van der Waals surface area contributed by atoms with E-state index < -0.39 is 0 Å². The van der Waals surface area contributed by atoms with Gasteiger partial charge in [-0.15, -0.1) is 0 Å². The molecule has 4 unspecified atom stereocenters. The Morgan fingerprint density at radius 3 is 2.20 bits per heavy atom. The Morgan fingerprint density at radius 1 is 0.833 bits per heavy atom. The summed E-state index contributed by atoms with van der Waals surface area (Å²) >= 11 is 0. The van der Waals surface area contributed by atoms with Crippen molar-refractivity contribution in [3.05, 3.63) is 29.6 Å². The van der Waals surface area contributed by atoms with Gasteiger partial charge >= 0.3 is 0 Å². The molecule has 2 heteroatoms. The highest BCUT2D eigenvalue weighted by Gasteiger charge is 2.39. The van der Waals surface area contributed by atoms with Crippen LogP contribution in [0, 0.1) is 35.4 Å². The van der Waals surface area contributed by atoms with E-state index in [-0.39, 0.29) is 5.82 Å². The molecule has 0 heterocycles. The molecule has 1 nitrogen and oxygen atoms in total. The van der Waals surface area contributed by atoms with Crippen molar-refractivity contribution in [2.75, 3.05) is 6.61 Å². The fourth-order valence-corrected chi connectivity index (χ4v) is 7.17. The van der Waals surface area contributed by atoms with E-state index in [9.17, 15) is 4.39 Å². The lowest BCUT2D eigenvalue weighted by atomic mass is 9.60. The second-order valence-electron chi connectivity index (χ2n) is 10.6. The van der Waals surface area contributed by atoms with Gasteiger partial charge in [0, 0.05) is 6.07 Å². The van der Waals surface area contributed by atoms with E-state index in [1.165, 1.54) is 83.5 Å². The van der Waals surface area contributed by atoms with Crippen molar-refractivity contribution < 1.29 is 9.13 Å². The molecule has 3 aliphatic carbocycles. The normalized spacial score (nSPS) is 34.4. The molecule has 0 amide bonds. The van der Waals surface area contributed by atoms with Gasteiger partial charge in [0.05, 0.1) is 6.61 Å². The summed E-state index contributed by atoms with van der Waals surface area (Å²) in [7, 11) is 0. The van der Waals surface area contributed by atoms with E-state index in [0.717, 1.165) is 35.2 Å².